The van der Waals surface area contributed by atoms with Crippen molar-refractivity contribution in [3.8, 4) is 11.5 Å². The highest BCUT2D eigenvalue weighted by Crippen LogP contribution is 2.30. The van der Waals surface area contributed by atoms with Crippen LogP contribution >= 0.6 is 0 Å². The molecule has 112 valence electrons. The number of ether oxygens (including phenoxy) is 2. The van der Waals surface area contributed by atoms with Gasteiger partial charge in [0.2, 0.25) is 0 Å². The molecule has 1 heterocycles. The van der Waals surface area contributed by atoms with Crippen molar-refractivity contribution in [3.05, 3.63) is 53.3 Å². The van der Waals surface area contributed by atoms with Crippen LogP contribution in [0, 0.1) is 6.92 Å². The third kappa shape index (κ3) is 3.73. The molecular weight excluding hydrogens is 264 g/mol. The van der Waals surface area contributed by atoms with Gasteiger partial charge in [0.25, 0.3) is 0 Å². The number of hydrogen-bond donors (Lipinski definition) is 1. The summed E-state index contributed by atoms with van der Waals surface area (Å²) in [6.45, 7) is 2.04. The number of aromatic nitrogens is 1. The SMILES string of the molecule is CNC(Cc1ccc(C)cn1)c1ccc(OC)cc1OC. The van der Waals surface area contributed by atoms with E-state index >= 15 is 0 Å². The van der Waals surface area contributed by atoms with Crippen molar-refractivity contribution in [2.75, 3.05) is 21.3 Å². The largest absolute Gasteiger partial charge is 0.497 e. The second-order valence-electron chi connectivity index (χ2n) is 4.98. The Hall–Kier alpha value is -2.07. The lowest BCUT2D eigenvalue weighted by Crippen LogP contribution is -2.20. The first-order chi connectivity index (χ1) is 10.2. The Labute approximate surface area is 126 Å². The average molecular weight is 286 g/mol. The monoisotopic (exact) mass is 286 g/mol. The molecule has 0 aliphatic rings. The fraction of sp³-hybridized carbons (Fsp3) is 0.353. The molecule has 4 nitrogen and oxygen atoms in total. The summed E-state index contributed by atoms with van der Waals surface area (Å²) in [5.41, 5.74) is 3.32. The van der Waals surface area contributed by atoms with Gasteiger partial charge < -0.3 is 14.8 Å². The summed E-state index contributed by atoms with van der Waals surface area (Å²) in [6, 6.07) is 10.2. The van der Waals surface area contributed by atoms with Gasteiger partial charge in [0, 0.05) is 36.0 Å². The number of hydrogen-bond acceptors (Lipinski definition) is 4. The topological polar surface area (TPSA) is 43.4 Å². The molecule has 0 amide bonds. The lowest BCUT2D eigenvalue weighted by molar-refractivity contribution is 0.385. The molecule has 1 unspecified atom stereocenters. The van der Waals surface area contributed by atoms with Crippen LogP contribution in [0.5, 0.6) is 11.5 Å². The molecule has 1 aromatic carbocycles. The van der Waals surface area contributed by atoms with Crippen LogP contribution in [0.4, 0.5) is 0 Å². The smallest absolute Gasteiger partial charge is 0.127 e. The first-order valence-electron chi connectivity index (χ1n) is 6.98. The summed E-state index contributed by atoms with van der Waals surface area (Å²) in [4.78, 5) is 4.48. The first-order valence-corrected chi connectivity index (χ1v) is 6.98. The minimum absolute atomic E-state index is 0.140. The highest BCUT2D eigenvalue weighted by Gasteiger charge is 2.16. The van der Waals surface area contributed by atoms with Crippen LogP contribution in [0.2, 0.25) is 0 Å². The number of likely N-dealkylation sites (N-methyl/N-ethyl adjacent to an activating group) is 1. The van der Waals surface area contributed by atoms with Crippen molar-refractivity contribution in [2.24, 2.45) is 0 Å². The standard InChI is InChI=1S/C17H22N2O2/c1-12-5-6-13(19-11-12)9-16(18-2)15-8-7-14(20-3)10-17(15)21-4/h5-8,10-11,16,18H,9H2,1-4H3. The molecule has 0 bridgehead atoms. The molecule has 1 N–H and O–H groups in total. The van der Waals surface area contributed by atoms with Gasteiger partial charge in [-0.25, -0.2) is 0 Å². The normalized spacial score (nSPS) is 12.0. The molecule has 2 aromatic rings. The maximum Gasteiger partial charge on any atom is 0.127 e. The first kappa shape index (κ1) is 15.3. The highest BCUT2D eigenvalue weighted by atomic mass is 16.5. The Bertz CT molecular complexity index is 582. The molecule has 0 saturated carbocycles. The zero-order valence-corrected chi connectivity index (χ0v) is 13.0. The van der Waals surface area contributed by atoms with Crippen LogP contribution in [0.3, 0.4) is 0 Å². The van der Waals surface area contributed by atoms with Gasteiger partial charge in [-0.05, 0) is 31.7 Å². The van der Waals surface area contributed by atoms with Crippen LogP contribution in [0.1, 0.15) is 22.9 Å². The summed E-state index contributed by atoms with van der Waals surface area (Å²) in [6.07, 6.45) is 2.70. The summed E-state index contributed by atoms with van der Waals surface area (Å²) < 4.78 is 10.7. The van der Waals surface area contributed by atoms with Crippen molar-refractivity contribution in [1.82, 2.24) is 10.3 Å². The molecule has 0 fully saturated rings. The summed E-state index contributed by atoms with van der Waals surface area (Å²) in [5, 5.41) is 3.33. The Morgan fingerprint density at radius 1 is 1.14 bits per heavy atom. The van der Waals surface area contributed by atoms with Gasteiger partial charge in [-0.1, -0.05) is 12.1 Å². The second kappa shape index (κ2) is 7.09. The maximum absolute atomic E-state index is 5.49. The van der Waals surface area contributed by atoms with E-state index in [-0.39, 0.29) is 6.04 Å². The number of methoxy groups -OCH3 is 2. The Morgan fingerprint density at radius 3 is 2.52 bits per heavy atom. The van der Waals surface area contributed by atoms with Gasteiger partial charge in [0.05, 0.1) is 14.2 Å². The third-order valence-corrected chi connectivity index (χ3v) is 3.55. The fourth-order valence-corrected chi connectivity index (χ4v) is 2.30. The van der Waals surface area contributed by atoms with E-state index in [0.717, 1.165) is 29.2 Å². The zero-order chi connectivity index (χ0) is 15.2. The summed E-state index contributed by atoms with van der Waals surface area (Å²) in [7, 11) is 5.28. The lowest BCUT2D eigenvalue weighted by Gasteiger charge is -2.19. The van der Waals surface area contributed by atoms with Crippen LogP contribution in [-0.2, 0) is 6.42 Å². The van der Waals surface area contributed by atoms with Crippen LogP contribution in [0.15, 0.2) is 36.5 Å². The van der Waals surface area contributed by atoms with Crippen LogP contribution < -0.4 is 14.8 Å². The molecule has 0 radical (unpaired) electrons. The van der Waals surface area contributed by atoms with Gasteiger partial charge in [0.15, 0.2) is 0 Å². The molecule has 1 aromatic heterocycles. The van der Waals surface area contributed by atoms with Crippen molar-refractivity contribution in [3.63, 3.8) is 0 Å². The molecule has 0 aliphatic carbocycles. The van der Waals surface area contributed by atoms with E-state index in [9.17, 15) is 0 Å². The summed E-state index contributed by atoms with van der Waals surface area (Å²) in [5.74, 6) is 1.61. The Kier molecular flexibility index (Phi) is 5.17. The molecule has 0 spiro atoms. The fourth-order valence-electron chi connectivity index (χ4n) is 2.30. The number of nitrogens with one attached hydrogen (secondary N) is 1. The molecule has 0 saturated heterocycles. The molecule has 1 atom stereocenters. The van der Waals surface area contributed by atoms with Crippen LogP contribution in [0.25, 0.3) is 0 Å². The average Bonchev–Trinajstić information content (AvgIpc) is 2.53. The minimum Gasteiger partial charge on any atom is -0.497 e. The number of benzene rings is 1. The number of rotatable bonds is 6. The minimum atomic E-state index is 0.140. The zero-order valence-electron chi connectivity index (χ0n) is 13.0. The van der Waals surface area contributed by atoms with Gasteiger partial charge >= 0.3 is 0 Å². The molecule has 21 heavy (non-hydrogen) atoms. The maximum atomic E-state index is 5.49. The predicted octanol–water partition coefficient (Wildman–Crippen LogP) is 2.91. The van der Waals surface area contributed by atoms with E-state index < -0.39 is 0 Å². The van der Waals surface area contributed by atoms with Gasteiger partial charge in [-0.2, -0.15) is 0 Å². The summed E-state index contributed by atoms with van der Waals surface area (Å²) >= 11 is 0. The third-order valence-electron chi connectivity index (χ3n) is 3.55. The molecule has 0 aliphatic heterocycles. The lowest BCUT2D eigenvalue weighted by atomic mass is 10.00. The van der Waals surface area contributed by atoms with E-state index in [0.29, 0.717) is 0 Å². The highest BCUT2D eigenvalue weighted by molar-refractivity contribution is 5.43. The predicted molar refractivity (Wildman–Crippen MR) is 84.0 cm³/mol. The van der Waals surface area contributed by atoms with Crippen molar-refractivity contribution < 1.29 is 9.47 Å². The Morgan fingerprint density at radius 2 is 1.95 bits per heavy atom. The molecule has 4 heteroatoms. The van der Waals surface area contributed by atoms with Crippen molar-refractivity contribution in [2.45, 2.75) is 19.4 Å². The quantitative estimate of drug-likeness (QED) is 0.886. The number of nitrogens with zero attached hydrogens (tertiary/aromatic N) is 1. The van der Waals surface area contributed by atoms with Crippen molar-refractivity contribution >= 4 is 0 Å². The van der Waals surface area contributed by atoms with Crippen LogP contribution in [-0.4, -0.2) is 26.3 Å². The van der Waals surface area contributed by atoms with E-state index in [2.05, 4.69) is 22.4 Å². The van der Waals surface area contributed by atoms with Gasteiger partial charge in [-0.3, -0.25) is 4.98 Å². The van der Waals surface area contributed by atoms with Gasteiger partial charge in [-0.15, -0.1) is 0 Å². The number of aryl methyl sites for hydroxylation is 1. The Balaban J connectivity index is 2.26. The van der Waals surface area contributed by atoms with E-state index in [1.54, 1.807) is 14.2 Å². The van der Waals surface area contributed by atoms with E-state index in [1.165, 1.54) is 5.56 Å². The second-order valence-corrected chi connectivity index (χ2v) is 4.98. The van der Waals surface area contributed by atoms with E-state index in [4.69, 9.17) is 9.47 Å². The van der Waals surface area contributed by atoms with Gasteiger partial charge in [0.1, 0.15) is 11.5 Å². The van der Waals surface area contributed by atoms with Crippen molar-refractivity contribution in [1.29, 1.82) is 0 Å². The number of pyridine rings is 1. The van der Waals surface area contributed by atoms with E-state index in [1.807, 2.05) is 38.4 Å². The molecule has 2 rings (SSSR count). The molecular formula is C17H22N2O2.